The van der Waals surface area contributed by atoms with Crippen molar-refractivity contribution in [2.45, 2.75) is 35.1 Å². The Kier molecular flexibility index (Phi) is 29.0. The zero-order chi connectivity index (χ0) is 12.5. The lowest BCUT2D eigenvalue weighted by molar-refractivity contribution is 1.33. The lowest BCUT2D eigenvalue weighted by Crippen LogP contribution is -1.58. The lowest BCUT2D eigenvalue weighted by Gasteiger charge is -1.70. The summed E-state index contributed by atoms with van der Waals surface area (Å²) in [6.07, 6.45) is 7.00. The minimum atomic E-state index is 0. The van der Waals surface area contributed by atoms with Crippen LogP contribution in [-0.2, 0) is 0 Å². The first-order valence-electron chi connectivity index (χ1n) is 5.70. The molecule has 2 aromatic rings. The van der Waals surface area contributed by atoms with Gasteiger partial charge in [0.05, 0.1) is 0 Å². The molecule has 0 aliphatic heterocycles. The molecule has 2 rings (SSSR count). The predicted molar refractivity (Wildman–Crippen MR) is 77.9 cm³/mol. The molecule has 2 heteroatoms. The fraction of sp³-hybridized carbons (Fsp3) is 0.333. The largest absolute Gasteiger partial charge is 0.265 e. The Hall–Kier alpha value is -1.70. The second kappa shape index (κ2) is 23.8. The second-order valence-electron chi connectivity index (χ2n) is 2.05. The Morgan fingerprint density at radius 2 is 0.706 bits per heavy atom. The van der Waals surface area contributed by atoms with Crippen LogP contribution in [0.2, 0.25) is 0 Å². The van der Waals surface area contributed by atoms with Gasteiger partial charge in [-0.25, -0.2) is 0 Å². The molecule has 0 spiro atoms. The van der Waals surface area contributed by atoms with E-state index in [1.165, 1.54) is 0 Å². The summed E-state index contributed by atoms with van der Waals surface area (Å²) in [5.74, 6) is 0. The third-order valence-corrected chi connectivity index (χ3v) is 1.13. The summed E-state index contributed by atoms with van der Waals surface area (Å²) in [6.45, 7) is 8.00. The van der Waals surface area contributed by atoms with Gasteiger partial charge >= 0.3 is 0 Å². The molecule has 0 aliphatic rings. The maximum absolute atomic E-state index is 3.78. The Morgan fingerprint density at radius 1 is 0.471 bits per heavy atom. The molecule has 0 bridgehead atoms. The van der Waals surface area contributed by atoms with Gasteiger partial charge in [0, 0.05) is 24.8 Å². The van der Waals surface area contributed by atoms with Gasteiger partial charge in [0.15, 0.2) is 0 Å². The first-order valence-corrected chi connectivity index (χ1v) is 5.70. The highest BCUT2D eigenvalue weighted by molar-refractivity contribution is 4.88. The molecule has 0 N–H and O–H groups in total. The van der Waals surface area contributed by atoms with Crippen LogP contribution in [-0.4, -0.2) is 9.97 Å². The minimum Gasteiger partial charge on any atom is -0.265 e. The molecule has 2 aromatic heterocycles. The van der Waals surface area contributed by atoms with Crippen LogP contribution in [0.5, 0.6) is 0 Å². The standard InChI is InChI=1S/2C5H5N.2C2H6.CH4/c2*1-2-4-6-5-3-1;2*1-2;/h2*1-5H;2*1-2H3;1H4. The van der Waals surface area contributed by atoms with Crippen molar-refractivity contribution in [1.82, 2.24) is 9.97 Å². The predicted octanol–water partition coefficient (Wildman–Crippen LogP) is 4.85. The van der Waals surface area contributed by atoms with Crippen LogP contribution >= 0.6 is 0 Å². The Bertz CT molecular complexity index is 184. The van der Waals surface area contributed by atoms with Gasteiger partial charge in [-0.2, -0.15) is 0 Å². The van der Waals surface area contributed by atoms with Crippen molar-refractivity contribution in [3.05, 3.63) is 61.2 Å². The summed E-state index contributed by atoms with van der Waals surface area (Å²) < 4.78 is 0. The van der Waals surface area contributed by atoms with Crippen molar-refractivity contribution in [2.24, 2.45) is 0 Å². The van der Waals surface area contributed by atoms with Gasteiger partial charge in [-0.3, -0.25) is 9.97 Å². The minimum absolute atomic E-state index is 0. The molecule has 0 atom stereocenters. The summed E-state index contributed by atoms with van der Waals surface area (Å²) in [5.41, 5.74) is 0. The topological polar surface area (TPSA) is 25.8 Å². The zero-order valence-corrected chi connectivity index (χ0v) is 10.7. The van der Waals surface area contributed by atoms with Crippen LogP contribution in [0.25, 0.3) is 0 Å². The molecule has 0 saturated heterocycles. The van der Waals surface area contributed by atoms with Crippen LogP contribution in [0.4, 0.5) is 0 Å². The first-order chi connectivity index (χ1) is 8.00. The summed E-state index contributed by atoms with van der Waals surface area (Å²) in [4.78, 5) is 7.57. The molecule has 0 aromatic carbocycles. The molecule has 0 radical (unpaired) electrons. The van der Waals surface area contributed by atoms with Gasteiger partial charge in [-0.15, -0.1) is 0 Å². The van der Waals surface area contributed by atoms with Crippen LogP contribution in [0, 0.1) is 0 Å². The molecule has 0 amide bonds. The SMILES string of the molecule is C.CC.CC.c1ccncc1.c1ccncc1. The number of pyridine rings is 2. The molecule has 2 heterocycles. The Labute approximate surface area is 107 Å². The highest BCUT2D eigenvalue weighted by Gasteiger charge is 1.59. The van der Waals surface area contributed by atoms with Crippen LogP contribution in [0.15, 0.2) is 61.2 Å². The highest BCUT2D eigenvalue weighted by Crippen LogP contribution is 1.74. The van der Waals surface area contributed by atoms with Gasteiger partial charge in [0.1, 0.15) is 0 Å². The zero-order valence-electron chi connectivity index (χ0n) is 10.7. The molecule has 96 valence electrons. The summed E-state index contributed by atoms with van der Waals surface area (Å²) >= 11 is 0. The molecule has 0 fully saturated rings. The van der Waals surface area contributed by atoms with Gasteiger partial charge < -0.3 is 0 Å². The van der Waals surface area contributed by atoms with Crippen molar-refractivity contribution < 1.29 is 0 Å². The number of aromatic nitrogens is 2. The van der Waals surface area contributed by atoms with Crippen LogP contribution < -0.4 is 0 Å². The van der Waals surface area contributed by atoms with E-state index < -0.39 is 0 Å². The quantitative estimate of drug-likeness (QED) is 0.651. The molecule has 17 heavy (non-hydrogen) atoms. The van der Waals surface area contributed by atoms with Crippen molar-refractivity contribution in [2.75, 3.05) is 0 Å². The highest BCUT2D eigenvalue weighted by atomic mass is 14.6. The lowest BCUT2D eigenvalue weighted by atomic mass is 10.5. The van der Waals surface area contributed by atoms with Crippen molar-refractivity contribution in [1.29, 1.82) is 0 Å². The van der Waals surface area contributed by atoms with Gasteiger partial charge in [0.2, 0.25) is 0 Å². The Balaban J connectivity index is -0.000000171. The number of hydrogen-bond donors (Lipinski definition) is 0. The van der Waals surface area contributed by atoms with E-state index in [-0.39, 0.29) is 7.43 Å². The van der Waals surface area contributed by atoms with E-state index >= 15 is 0 Å². The van der Waals surface area contributed by atoms with Gasteiger partial charge in [-0.1, -0.05) is 47.3 Å². The fourth-order valence-corrected chi connectivity index (χ4v) is 0.625. The smallest absolute Gasteiger partial charge is 0.0267 e. The van der Waals surface area contributed by atoms with Gasteiger partial charge in [-0.05, 0) is 24.3 Å². The third kappa shape index (κ3) is 20.4. The first kappa shape index (κ1) is 20.7. The van der Waals surface area contributed by atoms with Crippen molar-refractivity contribution >= 4 is 0 Å². The van der Waals surface area contributed by atoms with E-state index in [1.54, 1.807) is 24.8 Å². The van der Waals surface area contributed by atoms with E-state index in [0.717, 1.165) is 0 Å². The maximum Gasteiger partial charge on any atom is 0.0267 e. The molecule has 0 saturated carbocycles. The summed E-state index contributed by atoms with van der Waals surface area (Å²) in [7, 11) is 0. The van der Waals surface area contributed by atoms with E-state index in [4.69, 9.17) is 0 Å². The maximum atomic E-state index is 3.78. The van der Waals surface area contributed by atoms with E-state index in [9.17, 15) is 0 Å². The molecule has 0 unspecified atom stereocenters. The average Bonchev–Trinajstić information content (AvgIpc) is 2.48. The monoisotopic (exact) mass is 234 g/mol. The van der Waals surface area contributed by atoms with Gasteiger partial charge in [0.25, 0.3) is 0 Å². The van der Waals surface area contributed by atoms with Crippen molar-refractivity contribution in [3.63, 3.8) is 0 Å². The fourth-order valence-electron chi connectivity index (χ4n) is 0.625. The van der Waals surface area contributed by atoms with E-state index in [1.807, 2.05) is 64.1 Å². The van der Waals surface area contributed by atoms with Crippen LogP contribution in [0.1, 0.15) is 35.1 Å². The summed E-state index contributed by atoms with van der Waals surface area (Å²) in [5, 5.41) is 0. The van der Waals surface area contributed by atoms with Crippen molar-refractivity contribution in [3.8, 4) is 0 Å². The van der Waals surface area contributed by atoms with Crippen LogP contribution in [0.3, 0.4) is 0 Å². The molecule has 2 nitrogen and oxygen atoms in total. The third-order valence-electron chi connectivity index (χ3n) is 1.13. The normalized spacial score (nSPS) is 6.35. The summed E-state index contributed by atoms with van der Waals surface area (Å²) in [6, 6.07) is 11.4. The van der Waals surface area contributed by atoms with E-state index in [2.05, 4.69) is 9.97 Å². The average molecular weight is 234 g/mol. The number of nitrogens with zero attached hydrogens (tertiary/aromatic N) is 2. The molecular weight excluding hydrogens is 208 g/mol. The molecular formula is C15H26N2. The number of hydrogen-bond acceptors (Lipinski definition) is 2. The molecule has 0 aliphatic carbocycles. The second-order valence-corrected chi connectivity index (χ2v) is 2.05. The Morgan fingerprint density at radius 3 is 0.765 bits per heavy atom. The van der Waals surface area contributed by atoms with E-state index in [0.29, 0.717) is 0 Å². The number of rotatable bonds is 0.